The summed E-state index contributed by atoms with van der Waals surface area (Å²) in [5, 5.41) is 34.5. The van der Waals surface area contributed by atoms with Crippen LogP contribution in [0.3, 0.4) is 0 Å². The number of hydrogen-bond donors (Lipinski definition) is 5. The number of aliphatic carboxylic acids is 4. The van der Waals surface area contributed by atoms with Crippen molar-refractivity contribution in [3.8, 4) is 0 Å². The molecule has 3 heterocycles. The van der Waals surface area contributed by atoms with Crippen molar-refractivity contribution in [1.29, 1.82) is 0 Å². The van der Waals surface area contributed by atoms with E-state index in [1.54, 1.807) is 0 Å². The molecule has 1 saturated heterocycles. The van der Waals surface area contributed by atoms with Crippen molar-refractivity contribution >= 4 is 52.2 Å². The monoisotopic (exact) mass is 656 g/mol. The van der Waals surface area contributed by atoms with E-state index < -0.39 is 23.9 Å². The average molecular weight is 657 g/mol. The summed E-state index contributed by atoms with van der Waals surface area (Å²) in [5.74, 6) is -5.80. The zero-order valence-electron chi connectivity index (χ0n) is 24.5. The third-order valence-corrected chi connectivity index (χ3v) is 7.86. The van der Waals surface area contributed by atoms with E-state index in [9.17, 15) is 9.18 Å². The fourth-order valence-electron chi connectivity index (χ4n) is 4.72. The number of halogens is 1. The Morgan fingerprint density at radius 2 is 1.46 bits per heavy atom. The zero-order valence-corrected chi connectivity index (χ0v) is 25.4. The van der Waals surface area contributed by atoms with Gasteiger partial charge in [0.05, 0.1) is 15.9 Å². The molecule has 13 nitrogen and oxygen atoms in total. The lowest BCUT2D eigenvalue weighted by Gasteiger charge is -2.31. The number of nitrogens with zero attached hydrogens (tertiary/aromatic N) is 3. The number of hydrogen-bond acceptors (Lipinski definition) is 8. The van der Waals surface area contributed by atoms with Gasteiger partial charge in [0.25, 0.3) is 5.91 Å². The first-order valence-electron chi connectivity index (χ1n) is 14.1. The summed E-state index contributed by atoms with van der Waals surface area (Å²) >= 11 is 1.47. The van der Waals surface area contributed by atoms with Crippen LogP contribution in [-0.4, -0.2) is 90.8 Å². The van der Waals surface area contributed by atoms with Crippen molar-refractivity contribution in [3.05, 3.63) is 88.1 Å². The fraction of sp³-hybridized carbons (Fsp3) is 0.290. The van der Waals surface area contributed by atoms with Gasteiger partial charge >= 0.3 is 23.9 Å². The van der Waals surface area contributed by atoms with Crippen LogP contribution in [0.15, 0.2) is 66.0 Å². The molecule has 0 radical (unpaired) electrons. The van der Waals surface area contributed by atoms with Crippen molar-refractivity contribution in [2.45, 2.75) is 25.8 Å². The molecule has 1 fully saturated rings. The van der Waals surface area contributed by atoms with Crippen LogP contribution in [0.4, 0.5) is 4.39 Å². The Labute approximate surface area is 266 Å². The first-order valence-corrected chi connectivity index (χ1v) is 15.0. The lowest BCUT2D eigenvalue weighted by Crippen LogP contribution is -2.40. The van der Waals surface area contributed by atoms with Crippen molar-refractivity contribution in [1.82, 2.24) is 19.8 Å². The van der Waals surface area contributed by atoms with Crippen LogP contribution < -0.4 is 5.32 Å². The highest BCUT2D eigenvalue weighted by atomic mass is 32.1. The number of thiophene rings is 1. The average Bonchev–Trinajstić information content (AvgIpc) is 3.69. The lowest BCUT2D eigenvalue weighted by atomic mass is 9.93. The van der Waals surface area contributed by atoms with Gasteiger partial charge in [0.15, 0.2) is 0 Å². The third-order valence-electron chi connectivity index (χ3n) is 6.99. The Kier molecular flexibility index (Phi) is 13.3. The number of imidazole rings is 1. The Morgan fingerprint density at radius 1 is 0.848 bits per heavy atom. The van der Waals surface area contributed by atoms with Crippen LogP contribution in [0.5, 0.6) is 0 Å². The van der Waals surface area contributed by atoms with Crippen LogP contribution in [-0.2, 0) is 32.1 Å². The molecule has 15 heteroatoms. The predicted molar refractivity (Wildman–Crippen MR) is 165 cm³/mol. The molecule has 5 rings (SSSR count). The van der Waals surface area contributed by atoms with Gasteiger partial charge in [-0.1, -0.05) is 30.3 Å². The highest BCUT2D eigenvalue weighted by Crippen LogP contribution is 2.25. The van der Waals surface area contributed by atoms with Crippen LogP contribution in [0.25, 0.3) is 11.0 Å². The second-order valence-corrected chi connectivity index (χ2v) is 11.1. The maximum Gasteiger partial charge on any atom is 0.414 e. The van der Waals surface area contributed by atoms with Crippen molar-refractivity contribution in [2.24, 2.45) is 5.92 Å². The molecule has 0 atom stereocenters. The van der Waals surface area contributed by atoms with E-state index in [-0.39, 0.29) is 11.7 Å². The minimum absolute atomic E-state index is 0.0185. The van der Waals surface area contributed by atoms with Gasteiger partial charge in [0.2, 0.25) is 0 Å². The number of fused-ring (bicyclic) bond motifs is 1. The number of amides is 1. The molecule has 1 aliphatic heterocycles. The standard InChI is InChI=1S/C27H29FN4OS.2C2H2O4/c28-22-9-7-21(8-10-22)19-32-24-5-2-1-4-23(24)30-26(32)18-20-11-14-31(15-12-20)16-13-29-27(33)25-6-3-17-34-25;2*3-1(4)2(5)6/h1-10,17,20H,11-16,18-19H2,(H,29,33);2*(H,3,4)(H,5,6). The maximum atomic E-state index is 13.4. The zero-order chi connectivity index (χ0) is 33.6. The molecule has 0 unspecified atom stereocenters. The number of carboxylic acid groups (broad SMARTS) is 4. The summed E-state index contributed by atoms with van der Waals surface area (Å²) in [7, 11) is 0. The summed E-state index contributed by atoms with van der Waals surface area (Å²) in [5.41, 5.74) is 3.21. The number of benzene rings is 2. The second-order valence-electron chi connectivity index (χ2n) is 10.2. The molecular formula is C31H33FN4O9S. The fourth-order valence-corrected chi connectivity index (χ4v) is 5.36. The van der Waals surface area contributed by atoms with Gasteiger partial charge < -0.3 is 35.2 Å². The first-order chi connectivity index (χ1) is 21.9. The number of likely N-dealkylation sites (tertiary alicyclic amines) is 1. The molecule has 5 N–H and O–H groups in total. The van der Waals surface area contributed by atoms with Crippen molar-refractivity contribution in [3.63, 3.8) is 0 Å². The van der Waals surface area contributed by atoms with Gasteiger partial charge in [0.1, 0.15) is 11.6 Å². The normalized spacial score (nSPS) is 13.1. The van der Waals surface area contributed by atoms with Gasteiger partial charge in [-0.15, -0.1) is 11.3 Å². The van der Waals surface area contributed by atoms with Crippen LogP contribution in [0.2, 0.25) is 0 Å². The molecule has 46 heavy (non-hydrogen) atoms. The minimum atomic E-state index is -1.82. The highest BCUT2D eigenvalue weighted by molar-refractivity contribution is 7.12. The summed E-state index contributed by atoms with van der Waals surface area (Å²) < 4.78 is 15.7. The molecule has 0 spiro atoms. The Morgan fingerprint density at radius 3 is 2.02 bits per heavy atom. The largest absolute Gasteiger partial charge is 0.473 e. The molecule has 2 aromatic heterocycles. The Hall–Kier alpha value is -5.15. The van der Waals surface area contributed by atoms with E-state index >= 15 is 0 Å². The van der Waals surface area contributed by atoms with Crippen LogP contribution in [0.1, 0.15) is 33.9 Å². The molecule has 1 aliphatic rings. The van der Waals surface area contributed by atoms with E-state index in [0.717, 1.165) is 66.2 Å². The molecular weight excluding hydrogens is 623 g/mol. The van der Waals surface area contributed by atoms with Crippen molar-refractivity contribution < 1.29 is 48.8 Å². The Balaban J connectivity index is 0.000000410. The number of carbonyl (C=O) groups is 5. The first kappa shape index (κ1) is 35.3. The van der Waals surface area contributed by atoms with Gasteiger partial charge in [0, 0.05) is 26.1 Å². The highest BCUT2D eigenvalue weighted by Gasteiger charge is 2.22. The van der Waals surface area contributed by atoms with E-state index in [0.29, 0.717) is 19.0 Å². The van der Waals surface area contributed by atoms with Crippen LogP contribution >= 0.6 is 11.3 Å². The molecule has 0 aliphatic carbocycles. The molecule has 244 valence electrons. The predicted octanol–water partition coefficient (Wildman–Crippen LogP) is 3.28. The van der Waals surface area contributed by atoms with Crippen molar-refractivity contribution in [2.75, 3.05) is 26.2 Å². The van der Waals surface area contributed by atoms with Gasteiger partial charge in [-0.25, -0.2) is 28.6 Å². The van der Waals surface area contributed by atoms with E-state index in [1.165, 1.54) is 23.5 Å². The Bertz CT molecular complexity index is 1590. The van der Waals surface area contributed by atoms with E-state index in [2.05, 4.69) is 26.9 Å². The SMILES string of the molecule is O=C(NCCN1CCC(Cc2nc3ccccc3n2Cc2ccc(F)cc2)CC1)c1cccs1.O=C(O)C(=O)O.O=C(O)C(=O)O. The minimum Gasteiger partial charge on any atom is -0.473 e. The molecule has 1 amide bonds. The van der Waals surface area contributed by atoms with Gasteiger partial charge in [-0.05, 0) is 73.1 Å². The summed E-state index contributed by atoms with van der Waals surface area (Å²) in [6, 6.07) is 18.7. The number of piperidine rings is 1. The van der Waals surface area contributed by atoms with Gasteiger partial charge in [-0.2, -0.15) is 0 Å². The second kappa shape index (κ2) is 17.4. The number of carbonyl (C=O) groups excluding carboxylic acids is 1. The van der Waals surface area contributed by atoms with Crippen LogP contribution in [0, 0.1) is 11.7 Å². The van der Waals surface area contributed by atoms with Gasteiger partial charge in [-0.3, -0.25) is 4.79 Å². The quantitative estimate of drug-likeness (QED) is 0.174. The number of carboxylic acids is 4. The maximum absolute atomic E-state index is 13.4. The van der Waals surface area contributed by atoms with E-state index in [4.69, 9.17) is 44.6 Å². The third kappa shape index (κ3) is 11.1. The number of nitrogens with one attached hydrogen (secondary N) is 1. The lowest BCUT2D eigenvalue weighted by molar-refractivity contribution is -0.159. The number of para-hydroxylation sites is 2. The summed E-state index contributed by atoms with van der Waals surface area (Å²) in [6.07, 6.45) is 3.19. The summed E-state index contributed by atoms with van der Waals surface area (Å²) in [4.78, 5) is 56.7. The molecule has 4 aromatic rings. The smallest absolute Gasteiger partial charge is 0.414 e. The number of aromatic nitrogens is 2. The van der Waals surface area contributed by atoms with E-state index in [1.807, 2.05) is 41.8 Å². The molecule has 2 aromatic carbocycles. The number of rotatable bonds is 8. The molecule has 0 saturated carbocycles. The molecule has 0 bridgehead atoms. The summed E-state index contributed by atoms with van der Waals surface area (Å²) in [6.45, 7) is 4.33. The topological polar surface area (TPSA) is 199 Å².